The first kappa shape index (κ1) is 16.6. The van der Waals surface area contributed by atoms with Gasteiger partial charge in [-0.25, -0.2) is 0 Å². The van der Waals surface area contributed by atoms with E-state index < -0.39 is 5.41 Å². The number of allylic oxidation sites excluding steroid dienone is 1. The summed E-state index contributed by atoms with van der Waals surface area (Å²) in [6.45, 7) is 5.31. The van der Waals surface area contributed by atoms with E-state index in [4.69, 9.17) is 14.7 Å². The number of ketones is 1. The van der Waals surface area contributed by atoms with E-state index in [1.807, 2.05) is 6.07 Å². The van der Waals surface area contributed by atoms with E-state index in [1.165, 1.54) is 6.20 Å². The molecule has 112 valence electrons. The first-order valence-electron chi connectivity index (χ1n) is 6.47. The zero-order valence-corrected chi connectivity index (χ0v) is 13.0. The van der Waals surface area contributed by atoms with Gasteiger partial charge in [-0.2, -0.15) is 5.26 Å². The van der Waals surface area contributed by atoms with Crippen LogP contribution in [0.5, 0.6) is 11.5 Å². The van der Waals surface area contributed by atoms with E-state index in [9.17, 15) is 4.79 Å². The highest BCUT2D eigenvalue weighted by Gasteiger charge is 2.25. The average Bonchev–Trinajstić information content (AvgIpc) is 2.46. The maximum absolute atomic E-state index is 12.1. The quantitative estimate of drug-likeness (QED) is 0.665. The normalized spacial score (nSPS) is 11.5. The van der Waals surface area contributed by atoms with E-state index in [1.54, 1.807) is 53.2 Å². The van der Waals surface area contributed by atoms with Crippen LogP contribution in [0, 0.1) is 16.7 Å². The number of carbonyl (C=O) groups excluding carboxylic acids is 1. The van der Waals surface area contributed by atoms with Gasteiger partial charge in [0, 0.05) is 17.7 Å². The summed E-state index contributed by atoms with van der Waals surface area (Å²) in [5, 5.41) is 12.1. The number of hydrogen-bond acceptors (Lipinski definition) is 5. The largest absolute Gasteiger partial charge is 0.497 e. The molecule has 0 aliphatic rings. The van der Waals surface area contributed by atoms with E-state index in [0.29, 0.717) is 17.2 Å². The monoisotopic (exact) mass is 288 g/mol. The molecular weight excluding hydrogens is 268 g/mol. The molecule has 1 aromatic carbocycles. The zero-order valence-electron chi connectivity index (χ0n) is 13.0. The molecule has 0 radical (unpaired) electrons. The third-order valence-corrected chi connectivity index (χ3v) is 2.82. The van der Waals surface area contributed by atoms with Gasteiger partial charge >= 0.3 is 0 Å². The lowest BCUT2D eigenvalue weighted by Gasteiger charge is -2.16. The van der Waals surface area contributed by atoms with Gasteiger partial charge in [-0.15, -0.1) is 0 Å². The second-order valence-corrected chi connectivity index (χ2v) is 5.46. The Labute approximate surface area is 125 Å². The molecule has 0 heterocycles. The highest BCUT2D eigenvalue weighted by atomic mass is 16.5. The smallest absolute Gasteiger partial charge is 0.180 e. The Kier molecular flexibility index (Phi) is 5.37. The fraction of sp³-hybridized carbons (Fsp3) is 0.375. The summed E-state index contributed by atoms with van der Waals surface area (Å²) in [5.41, 5.74) is 0.0699. The second-order valence-electron chi connectivity index (χ2n) is 5.46. The molecule has 0 aromatic heterocycles. The molecule has 0 fully saturated rings. The summed E-state index contributed by atoms with van der Waals surface area (Å²) in [6, 6.07) is 7.16. The molecule has 1 rings (SSSR count). The van der Waals surface area contributed by atoms with Crippen LogP contribution in [0.3, 0.4) is 0 Å². The van der Waals surface area contributed by atoms with Crippen molar-refractivity contribution in [2.45, 2.75) is 20.8 Å². The zero-order chi connectivity index (χ0) is 16.0. The van der Waals surface area contributed by atoms with Crippen LogP contribution in [-0.4, -0.2) is 20.0 Å². The van der Waals surface area contributed by atoms with Crippen molar-refractivity contribution in [1.82, 2.24) is 0 Å². The van der Waals surface area contributed by atoms with E-state index in [2.05, 4.69) is 5.32 Å². The number of benzene rings is 1. The maximum Gasteiger partial charge on any atom is 0.180 e. The van der Waals surface area contributed by atoms with Gasteiger partial charge in [-0.3, -0.25) is 4.79 Å². The van der Waals surface area contributed by atoms with E-state index in [0.717, 1.165) is 0 Å². The lowest BCUT2D eigenvalue weighted by Crippen LogP contribution is -2.22. The number of Topliss-reactive ketones (excluding diaryl/α,β-unsaturated/α-hetero) is 1. The third kappa shape index (κ3) is 4.25. The minimum atomic E-state index is -0.609. The van der Waals surface area contributed by atoms with Crippen molar-refractivity contribution in [3.05, 3.63) is 30.0 Å². The summed E-state index contributed by atoms with van der Waals surface area (Å²) in [4.78, 5) is 12.1. The van der Waals surface area contributed by atoms with Gasteiger partial charge in [0.1, 0.15) is 23.1 Å². The molecule has 5 nitrogen and oxygen atoms in total. The number of ether oxygens (including phenoxy) is 2. The van der Waals surface area contributed by atoms with Gasteiger partial charge in [-0.05, 0) is 12.1 Å². The molecular formula is C16H20N2O3. The van der Waals surface area contributed by atoms with Crippen LogP contribution in [0.25, 0.3) is 0 Å². The summed E-state index contributed by atoms with van der Waals surface area (Å²) in [5.74, 6) is 1.01. The van der Waals surface area contributed by atoms with Crippen LogP contribution in [0.2, 0.25) is 0 Å². The second kappa shape index (κ2) is 6.80. The summed E-state index contributed by atoms with van der Waals surface area (Å²) in [7, 11) is 3.10. The van der Waals surface area contributed by atoms with Crippen molar-refractivity contribution in [1.29, 1.82) is 5.26 Å². The minimum Gasteiger partial charge on any atom is -0.497 e. The van der Waals surface area contributed by atoms with Crippen molar-refractivity contribution < 1.29 is 14.3 Å². The molecule has 0 unspecified atom stereocenters. The van der Waals surface area contributed by atoms with Gasteiger partial charge < -0.3 is 14.8 Å². The van der Waals surface area contributed by atoms with Gasteiger partial charge in [-0.1, -0.05) is 20.8 Å². The van der Waals surface area contributed by atoms with E-state index >= 15 is 0 Å². The van der Waals surface area contributed by atoms with Crippen LogP contribution in [0.1, 0.15) is 20.8 Å². The molecule has 0 aliphatic heterocycles. The molecule has 0 atom stereocenters. The molecule has 0 spiro atoms. The fourth-order valence-corrected chi connectivity index (χ4v) is 1.63. The first-order chi connectivity index (χ1) is 9.83. The van der Waals surface area contributed by atoms with Gasteiger partial charge in [0.05, 0.1) is 19.9 Å². The minimum absolute atomic E-state index is 0.0624. The Balaban J connectivity index is 3.07. The van der Waals surface area contributed by atoms with Crippen molar-refractivity contribution in [3.63, 3.8) is 0 Å². The highest BCUT2D eigenvalue weighted by Crippen LogP contribution is 2.29. The SMILES string of the molecule is COc1ccc(OC)c(N/C=C(\C#N)C(=O)C(C)(C)C)c1. The summed E-state index contributed by atoms with van der Waals surface area (Å²) >= 11 is 0. The van der Waals surface area contributed by atoms with Crippen molar-refractivity contribution in [2.24, 2.45) is 5.41 Å². The lowest BCUT2D eigenvalue weighted by atomic mass is 9.87. The number of carbonyl (C=O) groups is 1. The Morgan fingerprint density at radius 3 is 2.43 bits per heavy atom. The van der Waals surface area contributed by atoms with Gasteiger partial charge in [0.2, 0.25) is 0 Å². The maximum atomic E-state index is 12.1. The molecule has 0 bridgehead atoms. The molecule has 0 aliphatic carbocycles. The number of methoxy groups -OCH3 is 2. The predicted molar refractivity (Wildman–Crippen MR) is 81.3 cm³/mol. The van der Waals surface area contributed by atoms with E-state index in [-0.39, 0.29) is 11.4 Å². The highest BCUT2D eigenvalue weighted by molar-refractivity contribution is 6.02. The Bertz CT molecular complexity index is 593. The lowest BCUT2D eigenvalue weighted by molar-refractivity contribution is -0.122. The predicted octanol–water partition coefficient (Wildman–Crippen LogP) is 3.14. The van der Waals surface area contributed by atoms with Crippen LogP contribution >= 0.6 is 0 Å². The van der Waals surface area contributed by atoms with Crippen molar-refractivity contribution in [3.8, 4) is 17.6 Å². The molecule has 1 N–H and O–H groups in total. The number of rotatable bonds is 5. The summed E-state index contributed by atoms with van der Waals surface area (Å²) in [6.07, 6.45) is 1.39. The third-order valence-electron chi connectivity index (χ3n) is 2.82. The number of nitriles is 1. The fourth-order valence-electron chi connectivity index (χ4n) is 1.63. The summed E-state index contributed by atoms with van der Waals surface area (Å²) < 4.78 is 10.4. The van der Waals surface area contributed by atoms with Crippen LogP contribution in [0.15, 0.2) is 30.0 Å². The molecule has 21 heavy (non-hydrogen) atoms. The van der Waals surface area contributed by atoms with Gasteiger partial charge in [0.15, 0.2) is 5.78 Å². The number of anilines is 1. The number of hydrogen-bond donors (Lipinski definition) is 1. The molecule has 5 heteroatoms. The van der Waals surface area contributed by atoms with Crippen LogP contribution < -0.4 is 14.8 Å². The molecule has 0 amide bonds. The first-order valence-corrected chi connectivity index (χ1v) is 6.47. The molecule has 0 saturated heterocycles. The van der Waals surface area contributed by atoms with Crippen molar-refractivity contribution >= 4 is 11.5 Å². The standard InChI is InChI=1S/C16H20N2O3/c1-16(2,3)15(19)11(9-17)10-18-13-8-12(20-4)6-7-14(13)21-5/h6-8,10,18H,1-5H3/b11-10+. The Morgan fingerprint density at radius 1 is 1.29 bits per heavy atom. The number of nitrogens with zero attached hydrogens (tertiary/aromatic N) is 1. The Hall–Kier alpha value is -2.48. The van der Waals surface area contributed by atoms with Crippen LogP contribution in [-0.2, 0) is 4.79 Å². The molecule has 0 saturated carbocycles. The van der Waals surface area contributed by atoms with Crippen molar-refractivity contribution in [2.75, 3.05) is 19.5 Å². The Morgan fingerprint density at radius 2 is 1.95 bits per heavy atom. The molecule has 1 aromatic rings. The average molecular weight is 288 g/mol. The number of nitrogens with one attached hydrogen (secondary N) is 1. The van der Waals surface area contributed by atoms with Crippen LogP contribution in [0.4, 0.5) is 5.69 Å². The van der Waals surface area contributed by atoms with Gasteiger partial charge in [0.25, 0.3) is 0 Å². The topological polar surface area (TPSA) is 71.3 Å².